The molecule has 0 unspecified atom stereocenters. The summed E-state index contributed by atoms with van der Waals surface area (Å²) in [6.45, 7) is 1.49. The van der Waals surface area contributed by atoms with Gasteiger partial charge in [-0.15, -0.1) is 0 Å². The molecule has 6 nitrogen and oxygen atoms in total. The van der Waals surface area contributed by atoms with Crippen molar-refractivity contribution in [2.45, 2.75) is 25.2 Å². The van der Waals surface area contributed by atoms with Gasteiger partial charge in [0.25, 0.3) is 0 Å². The number of aryl methyl sites for hydroxylation is 1. The number of rotatable bonds is 4. The van der Waals surface area contributed by atoms with Gasteiger partial charge in [0, 0.05) is 49.3 Å². The second kappa shape index (κ2) is 5.27. The third kappa shape index (κ3) is 3.03. The third-order valence-corrected chi connectivity index (χ3v) is 3.11. The van der Waals surface area contributed by atoms with Gasteiger partial charge >= 0.3 is 0 Å². The zero-order valence-corrected chi connectivity index (χ0v) is 9.96. The van der Waals surface area contributed by atoms with Crippen LogP contribution in [0.5, 0.6) is 0 Å². The molecular weight excluding hydrogens is 222 g/mol. The predicted molar refractivity (Wildman–Crippen MR) is 61.6 cm³/mol. The van der Waals surface area contributed by atoms with Crippen molar-refractivity contribution in [3.8, 4) is 0 Å². The zero-order chi connectivity index (χ0) is 12.3. The minimum atomic E-state index is -0.277. The largest absolute Gasteiger partial charge is 0.381 e. The molecule has 94 valence electrons. The Kier molecular flexibility index (Phi) is 3.73. The van der Waals surface area contributed by atoms with Crippen LogP contribution in [0.25, 0.3) is 0 Å². The van der Waals surface area contributed by atoms with Crippen molar-refractivity contribution in [1.82, 2.24) is 9.78 Å². The van der Waals surface area contributed by atoms with Gasteiger partial charge < -0.3 is 4.74 Å². The van der Waals surface area contributed by atoms with Gasteiger partial charge in [-0.05, 0) is 12.8 Å². The van der Waals surface area contributed by atoms with Crippen LogP contribution in [0.4, 0.5) is 0 Å². The van der Waals surface area contributed by atoms with Gasteiger partial charge in [-0.2, -0.15) is 5.10 Å². The molecule has 0 bridgehead atoms. The normalized spacial score (nSPS) is 17.2. The average molecular weight is 239 g/mol. The summed E-state index contributed by atoms with van der Waals surface area (Å²) >= 11 is 0. The van der Waals surface area contributed by atoms with E-state index in [0.717, 1.165) is 37.3 Å². The Bertz CT molecular complexity index is 397. The van der Waals surface area contributed by atoms with Crippen molar-refractivity contribution in [1.29, 1.82) is 0 Å². The first kappa shape index (κ1) is 12.0. The number of nitrogens with zero attached hydrogens (tertiary/aromatic N) is 3. The Labute approximate surface area is 99.7 Å². The highest BCUT2D eigenvalue weighted by Gasteiger charge is 2.22. The second-order valence-corrected chi connectivity index (χ2v) is 4.41. The fourth-order valence-electron chi connectivity index (χ4n) is 2.27. The lowest BCUT2D eigenvalue weighted by molar-refractivity contribution is -0.479. The van der Waals surface area contributed by atoms with Crippen LogP contribution in [-0.4, -0.2) is 34.5 Å². The van der Waals surface area contributed by atoms with Crippen LogP contribution in [0.1, 0.15) is 30.0 Å². The van der Waals surface area contributed by atoms with E-state index in [0.29, 0.717) is 12.3 Å². The molecule has 0 atom stereocenters. The molecule has 6 heteroatoms. The van der Waals surface area contributed by atoms with Crippen LogP contribution >= 0.6 is 0 Å². The number of ether oxygens (including phenoxy) is 1. The Morgan fingerprint density at radius 3 is 2.94 bits per heavy atom. The van der Waals surface area contributed by atoms with Crippen LogP contribution in [-0.2, 0) is 18.2 Å². The van der Waals surface area contributed by atoms with E-state index >= 15 is 0 Å². The van der Waals surface area contributed by atoms with Gasteiger partial charge in [-0.3, -0.25) is 14.8 Å². The first-order chi connectivity index (χ1) is 8.16. The fraction of sp³-hybridized carbons (Fsp3) is 0.727. The van der Waals surface area contributed by atoms with Crippen molar-refractivity contribution in [2.24, 2.45) is 7.05 Å². The van der Waals surface area contributed by atoms with Crippen LogP contribution in [0.3, 0.4) is 0 Å². The molecule has 0 aliphatic carbocycles. The Hall–Kier alpha value is -1.43. The van der Waals surface area contributed by atoms with Gasteiger partial charge in [-0.1, -0.05) is 0 Å². The molecule has 0 radical (unpaired) electrons. The van der Waals surface area contributed by atoms with E-state index in [-0.39, 0.29) is 11.5 Å². The van der Waals surface area contributed by atoms with Gasteiger partial charge in [0.1, 0.15) is 0 Å². The minimum Gasteiger partial charge on any atom is -0.381 e. The Balaban J connectivity index is 2.11. The molecule has 1 saturated heterocycles. The highest BCUT2D eigenvalue weighted by Crippen LogP contribution is 2.28. The van der Waals surface area contributed by atoms with Gasteiger partial charge in [0.2, 0.25) is 6.54 Å². The highest BCUT2D eigenvalue weighted by molar-refractivity contribution is 5.21. The predicted octanol–water partition coefficient (Wildman–Crippen LogP) is 1.13. The summed E-state index contributed by atoms with van der Waals surface area (Å²) in [5.41, 5.74) is 2.04. The van der Waals surface area contributed by atoms with Crippen LogP contribution in [0, 0.1) is 10.1 Å². The van der Waals surface area contributed by atoms with Crippen molar-refractivity contribution in [3.63, 3.8) is 0 Å². The second-order valence-electron chi connectivity index (χ2n) is 4.41. The van der Waals surface area contributed by atoms with Gasteiger partial charge in [-0.25, -0.2) is 0 Å². The van der Waals surface area contributed by atoms with E-state index in [1.165, 1.54) is 0 Å². The van der Waals surface area contributed by atoms with E-state index in [1.807, 2.05) is 13.2 Å². The van der Waals surface area contributed by atoms with Crippen molar-refractivity contribution in [3.05, 3.63) is 27.6 Å². The van der Waals surface area contributed by atoms with Crippen LogP contribution < -0.4 is 0 Å². The zero-order valence-electron chi connectivity index (χ0n) is 9.96. The number of nitro groups is 1. The third-order valence-electron chi connectivity index (χ3n) is 3.11. The topological polar surface area (TPSA) is 70.2 Å². The van der Waals surface area contributed by atoms with E-state index < -0.39 is 0 Å². The molecule has 0 saturated carbocycles. The quantitative estimate of drug-likeness (QED) is 0.583. The summed E-state index contributed by atoms with van der Waals surface area (Å²) in [6.07, 6.45) is 4.28. The summed E-state index contributed by atoms with van der Waals surface area (Å²) in [4.78, 5) is 10.1. The summed E-state index contributed by atoms with van der Waals surface area (Å²) < 4.78 is 7.07. The molecule has 0 amide bonds. The molecule has 0 N–H and O–H groups in total. The lowest BCUT2D eigenvalue weighted by Gasteiger charge is -2.21. The van der Waals surface area contributed by atoms with Gasteiger partial charge in [0.15, 0.2) is 0 Å². The minimum absolute atomic E-state index is 0.0259. The molecule has 1 fully saturated rings. The van der Waals surface area contributed by atoms with E-state index in [4.69, 9.17) is 4.74 Å². The molecule has 17 heavy (non-hydrogen) atoms. The summed E-state index contributed by atoms with van der Waals surface area (Å²) in [5.74, 6) is 0.395. The lowest BCUT2D eigenvalue weighted by Crippen LogP contribution is -2.16. The molecule has 2 rings (SSSR count). The lowest BCUT2D eigenvalue weighted by atomic mass is 9.93. The molecule has 1 aromatic heterocycles. The van der Waals surface area contributed by atoms with E-state index in [9.17, 15) is 10.1 Å². The average Bonchev–Trinajstić information content (AvgIpc) is 2.69. The number of hydrogen-bond acceptors (Lipinski definition) is 4. The maximum atomic E-state index is 10.4. The van der Waals surface area contributed by atoms with E-state index in [1.54, 1.807) is 4.68 Å². The van der Waals surface area contributed by atoms with Crippen molar-refractivity contribution in [2.75, 3.05) is 19.8 Å². The van der Waals surface area contributed by atoms with Gasteiger partial charge in [0.05, 0.1) is 5.69 Å². The Morgan fingerprint density at radius 1 is 1.59 bits per heavy atom. The molecule has 1 aliphatic heterocycles. The van der Waals surface area contributed by atoms with Crippen LogP contribution in [0.2, 0.25) is 0 Å². The van der Waals surface area contributed by atoms with Crippen molar-refractivity contribution < 1.29 is 9.66 Å². The first-order valence-electron chi connectivity index (χ1n) is 5.89. The number of aromatic nitrogens is 2. The highest BCUT2D eigenvalue weighted by atomic mass is 16.6. The summed E-state index contributed by atoms with van der Waals surface area (Å²) in [5, 5.41) is 14.9. The maximum Gasteiger partial charge on any atom is 0.208 e. The number of hydrogen-bond donors (Lipinski definition) is 0. The standard InChI is InChI=1S/C11H17N3O3/c1-13-8-10(2-5-14(15)16)11(12-13)9-3-6-17-7-4-9/h8-9H,2-7H2,1H3. The smallest absolute Gasteiger partial charge is 0.208 e. The molecular formula is C11H17N3O3. The summed E-state index contributed by atoms with van der Waals surface area (Å²) in [6, 6.07) is 0. The molecule has 1 aromatic rings. The monoisotopic (exact) mass is 239 g/mol. The molecule has 1 aliphatic rings. The SMILES string of the molecule is Cn1cc(CC[N+](=O)[O-])c(C2CCOCC2)n1. The summed E-state index contributed by atoms with van der Waals surface area (Å²) in [7, 11) is 1.86. The molecule has 2 heterocycles. The Morgan fingerprint density at radius 2 is 2.29 bits per heavy atom. The fourth-order valence-corrected chi connectivity index (χ4v) is 2.27. The maximum absolute atomic E-state index is 10.4. The van der Waals surface area contributed by atoms with Crippen molar-refractivity contribution >= 4 is 0 Å². The first-order valence-corrected chi connectivity index (χ1v) is 5.89. The van der Waals surface area contributed by atoms with E-state index in [2.05, 4.69) is 5.10 Å². The molecule has 0 spiro atoms. The van der Waals surface area contributed by atoms with Crippen LogP contribution in [0.15, 0.2) is 6.20 Å². The molecule has 0 aromatic carbocycles.